The third kappa shape index (κ3) is 5.17. The monoisotopic (exact) mass is 489 g/mol. The van der Waals surface area contributed by atoms with Gasteiger partial charge in [-0.15, -0.1) is 0 Å². The summed E-state index contributed by atoms with van der Waals surface area (Å²) in [5, 5.41) is 7.43. The standard InChI is InChI=1S/C21H27N7O5S/c1-14-17(19(29)25-15-4-5-16(23-12-15)34(22,31)32)18-20(33-14)24-13-28(21(18)30)7-3-6-27-10-8-26(2)9-11-27/h4-5,12-13H,3,6-11H2,1-2H3,(H,25,29)(H2,22,31,32). The summed E-state index contributed by atoms with van der Waals surface area (Å²) in [6, 6.07) is 2.54. The van der Waals surface area contributed by atoms with E-state index in [9.17, 15) is 18.0 Å². The van der Waals surface area contributed by atoms with Crippen LogP contribution in [0.25, 0.3) is 11.1 Å². The molecule has 0 aliphatic carbocycles. The van der Waals surface area contributed by atoms with Gasteiger partial charge in [-0.1, -0.05) is 0 Å². The van der Waals surface area contributed by atoms with Gasteiger partial charge < -0.3 is 19.5 Å². The van der Waals surface area contributed by atoms with E-state index in [1.54, 1.807) is 6.92 Å². The Morgan fingerprint density at radius 1 is 1.18 bits per heavy atom. The number of fused-ring (bicyclic) bond motifs is 1. The van der Waals surface area contributed by atoms with Gasteiger partial charge in [0.25, 0.3) is 21.5 Å². The van der Waals surface area contributed by atoms with Crippen molar-refractivity contribution in [2.75, 3.05) is 45.1 Å². The van der Waals surface area contributed by atoms with Crippen molar-refractivity contribution in [3.63, 3.8) is 0 Å². The number of rotatable bonds is 7. The molecule has 0 saturated carbocycles. The van der Waals surface area contributed by atoms with Gasteiger partial charge in [-0.3, -0.25) is 14.2 Å². The summed E-state index contributed by atoms with van der Waals surface area (Å²) < 4.78 is 29.8. The molecule has 1 saturated heterocycles. The van der Waals surface area contributed by atoms with Crippen LogP contribution in [0.2, 0.25) is 0 Å². The predicted octanol–water partition coefficient (Wildman–Crippen LogP) is 0.230. The molecule has 3 N–H and O–H groups in total. The highest BCUT2D eigenvalue weighted by Gasteiger charge is 2.23. The number of furan rings is 1. The Labute approximate surface area is 196 Å². The number of primary sulfonamides is 1. The SMILES string of the molecule is Cc1oc2ncn(CCCN3CCN(C)CC3)c(=O)c2c1C(=O)Nc1ccc(S(N)(=O)=O)nc1. The number of carbonyl (C=O) groups is 1. The quantitative estimate of drug-likeness (QED) is 0.474. The third-order valence-electron chi connectivity index (χ3n) is 5.84. The number of nitrogens with zero attached hydrogens (tertiary/aromatic N) is 5. The lowest BCUT2D eigenvalue weighted by Crippen LogP contribution is -2.44. The normalized spacial score (nSPS) is 15.6. The smallest absolute Gasteiger partial charge is 0.265 e. The number of aromatic nitrogens is 3. The van der Waals surface area contributed by atoms with Crippen LogP contribution in [-0.4, -0.2) is 78.4 Å². The minimum absolute atomic E-state index is 0.0800. The number of piperazine rings is 1. The Kier molecular flexibility index (Phi) is 6.79. The van der Waals surface area contributed by atoms with Crippen LogP contribution in [0, 0.1) is 6.92 Å². The van der Waals surface area contributed by atoms with Crippen molar-refractivity contribution < 1.29 is 17.6 Å². The van der Waals surface area contributed by atoms with E-state index in [0.717, 1.165) is 39.1 Å². The number of aryl methyl sites for hydroxylation is 2. The van der Waals surface area contributed by atoms with Crippen molar-refractivity contribution >= 4 is 32.7 Å². The van der Waals surface area contributed by atoms with Gasteiger partial charge >= 0.3 is 0 Å². The minimum Gasteiger partial charge on any atom is -0.442 e. The van der Waals surface area contributed by atoms with E-state index in [-0.39, 0.29) is 38.7 Å². The van der Waals surface area contributed by atoms with Gasteiger partial charge in [-0.2, -0.15) is 0 Å². The molecule has 0 radical (unpaired) electrons. The van der Waals surface area contributed by atoms with Crippen molar-refractivity contribution in [2.45, 2.75) is 24.9 Å². The molecule has 182 valence electrons. The number of pyridine rings is 1. The van der Waals surface area contributed by atoms with Crippen LogP contribution in [0.4, 0.5) is 5.69 Å². The second-order valence-electron chi connectivity index (χ2n) is 8.34. The lowest BCUT2D eigenvalue weighted by molar-refractivity contribution is 0.102. The molecule has 34 heavy (non-hydrogen) atoms. The topological polar surface area (TPSA) is 157 Å². The van der Waals surface area contributed by atoms with Gasteiger partial charge in [0.15, 0.2) is 5.03 Å². The summed E-state index contributed by atoms with van der Waals surface area (Å²) in [4.78, 5) is 38.8. The molecule has 4 rings (SSSR count). The molecule has 0 atom stereocenters. The Hall–Kier alpha value is -3.13. The van der Waals surface area contributed by atoms with E-state index in [1.807, 2.05) is 0 Å². The van der Waals surface area contributed by atoms with Gasteiger partial charge in [-0.05, 0) is 39.1 Å². The zero-order valence-corrected chi connectivity index (χ0v) is 19.8. The van der Waals surface area contributed by atoms with E-state index in [4.69, 9.17) is 9.56 Å². The average Bonchev–Trinajstić information content (AvgIpc) is 3.13. The summed E-state index contributed by atoms with van der Waals surface area (Å²) in [7, 11) is -1.85. The first-order valence-corrected chi connectivity index (χ1v) is 12.4. The number of anilines is 1. The molecule has 3 aromatic rings. The molecule has 12 nitrogen and oxygen atoms in total. The van der Waals surface area contributed by atoms with Crippen LogP contribution in [0.3, 0.4) is 0 Å². The summed E-state index contributed by atoms with van der Waals surface area (Å²) in [6.07, 6.45) is 3.39. The van der Waals surface area contributed by atoms with Crippen LogP contribution >= 0.6 is 0 Å². The highest BCUT2D eigenvalue weighted by atomic mass is 32.2. The molecule has 0 bridgehead atoms. The Bertz CT molecular complexity index is 1360. The number of hydrogen-bond donors (Lipinski definition) is 2. The van der Waals surface area contributed by atoms with Gasteiger partial charge in [0, 0.05) is 32.7 Å². The Morgan fingerprint density at radius 3 is 2.56 bits per heavy atom. The first kappa shape index (κ1) is 24.0. The highest BCUT2D eigenvalue weighted by molar-refractivity contribution is 7.89. The number of amides is 1. The molecular weight excluding hydrogens is 462 g/mol. The van der Waals surface area contributed by atoms with E-state index < -0.39 is 15.9 Å². The minimum atomic E-state index is -3.95. The lowest BCUT2D eigenvalue weighted by Gasteiger charge is -2.32. The third-order valence-corrected chi connectivity index (χ3v) is 6.66. The first-order valence-electron chi connectivity index (χ1n) is 10.8. The van der Waals surface area contributed by atoms with Crippen molar-refractivity contribution in [3.05, 3.63) is 46.3 Å². The fourth-order valence-corrected chi connectivity index (χ4v) is 4.38. The molecule has 4 heterocycles. The van der Waals surface area contributed by atoms with Crippen LogP contribution in [0.1, 0.15) is 22.5 Å². The number of nitrogens with two attached hydrogens (primary N) is 1. The number of sulfonamides is 1. The summed E-state index contributed by atoms with van der Waals surface area (Å²) in [5.74, 6) is -0.336. The van der Waals surface area contributed by atoms with E-state index in [0.29, 0.717) is 6.54 Å². The van der Waals surface area contributed by atoms with Gasteiger partial charge in [0.1, 0.15) is 17.5 Å². The van der Waals surface area contributed by atoms with Gasteiger partial charge in [0.05, 0.1) is 17.4 Å². The molecule has 0 aromatic carbocycles. The average molecular weight is 490 g/mol. The summed E-state index contributed by atoms with van der Waals surface area (Å²) in [6.45, 7) is 6.98. The van der Waals surface area contributed by atoms with Crippen molar-refractivity contribution in [2.24, 2.45) is 5.14 Å². The molecule has 3 aromatic heterocycles. The largest absolute Gasteiger partial charge is 0.442 e. The molecule has 0 unspecified atom stereocenters. The van der Waals surface area contributed by atoms with Crippen molar-refractivity contribution in [3.8, 4) is 0 Å². The summed E-state index contributed by atoms with van der Waals surface area (Å²) >= 11 is 0. The first-order chi connectivity index (χ1) is 16.1. The second-order valence-corrected chi connectivity index (χ2v) is 9.85. The van der Waals surface area contributed by atoms with E-state index in [2.05, 4.69) is 32.1 Å². The molecule has 13 heteroatoms. The molecule has 1 aliphatic rings. The number of carbonyl (C=O) groups excluding carboxylic acids is 1. The maximum absolute atomic E-state index is 13.2. The highest BCUT2D eigenvalue weighted by Crippen LogP contribution is 2.22. The van der Waals surface area contributed by atoms with Crippen molar-refractivity contribution in [1.29, 1.82) is 0 Å². The summed E-state index contributed by atoms with van der Waals surface area (Å²) in [5.41, 5.74) is 0.0534. The lowest BCUT2D eigenvalue weighted by atomic mass is 10.1. The fourth-order valence-electron chi connectivity index (χ4n) is 3.92. The van der Waals surface area contributed by atoms with Crippen LogP contribution in [0.5, 0.6) is 0 Å². The van der Waals surface area contributed by atoms with Gasteiger partial charge in [0.2, 0.25) is 5.71 Å². The van der Waals surface area contributed by atoms with Crippen molar-refractivity contribution in [1.82, 2.24) is 24.3 Å². The molecule has 0 spiro atoms. The zero-order chi connectivity index (χ0) is 24.5. The Balaban J connectivity index is 1.51. The predicted molar refractivity (Wildman–Crippen MR) is 125 cm³/mol. The van der Waals surface area contributed by atoms with Crippen LogP contribution in [0.15, 0.2) is 38.9 Å². The molecule has 1 fully saturated rings. The molecule has 1 aliphatic heterocycles. The fraction of sp³-hybridized carbons (Fsp3) is 0.429. The maximum atomic E-state index is 13.2. The maximum Gasteiger partial charge on any atom is 0.265 e. The Morgan fingerprint density at radius 2 is 1.91 bits per heavy atom. The molecular formula is C21H27N7O5S. The van der Waals surface area contributed by atoms with Crippen LogP contribution < -0.4 is 16.0 Å². The number of hydrogen-bond acceptors (Lipinski definition) is 9. The van der Waals surface area contributed by atoms with Gasteiger partial charge in [-0.25, -0.2) is 23.5 Å². The second kappa shape index (κ2) is 9.62. The zero-order valence-electron chi connectivity index (χ0n) is 19.0. The molecule has 1 amide bonds. The van der Waals surface area contributed by atoms with Crippen LogP contribution in [-0.2, 0) is 16.6 Å². The number of likely N-dealkylation sites (N-methyl/N-ethyl adjacent to an activating group) is 1. The number of nitrogens with one attached hydrogen (secondary N) is 1. The van der Waals surface area contributed by atoms with E-state index >= 15 is 0 Å². The van der Waals surface area contributed by atoms with E-state index in [1.165, 1.54) is 29.2 Å².